The first-order valence-corrected chi connectivity index (χ1v) is 5.67. The number of nitrogens with one attached hydrogen (secondary N) is 1. The number of nitrogens with zero attached hydrogens (tertiary/aromatic N) is 2. The fourth-order valence-electron chi connectivity index (χ4n) is 1.94. The number of hydrogen-bond donors (Lipinski definition) is 1. The monoisotopic (exact) mass is 237 g/mol. The van der Waals surface area contributed by atoms with Crippen LogP contribution in [-0.4, -0.2) is 20.7 Å². The first-order valence-electron chi connectivity index (χ1n) is 5.67. The van der Waals surface area contributed by atoms with Crippen LogP contribution in [0.3, 0.4) is 0 Å². The molecule has 4 nitrogen and oxygen atoms in total. The Kier molecular flexibility index (Phi) is 2.41. The van der Waals surface area contributed by atoms with Gasteiger partial charge in [-0.15, -0.1) is 0 Å². The van der Waals surface area contributed by atoms with Gasteiger partial charge in [-0.25, -0.2) is 9.97 Å². The molecule has 0 bridgehead atoms. The van der Waals surface area contributed by atoms with Crippen molar-refractivity contribution in [3.05, 3.63) is 48.2 Å². The fourth-order valence-corrected chi connectivity index (χ4v) is 1.94. The average Bonchev–Trinajstić information content (AvgIpc) is 2.83. The van der Waals surface area contributed by atoms with E-state index in [1.54, 1.807) is 12.3 Å². The van der Waals surface area contributed by atoms with E-state index < -0.39 is 0 Å². The first kappa shape index (κ1) is 10.7. The van der Waals surface area contributed by atoms with Gasteiger partial charge in [-0.05, 0) is 13.0 Å². The Bertz CT molecular complexity index is 716. The molecular weight excluding hydrogens is 226 g/mol. The van der Waals surface area contributed by atoms with Gasteiger partial charge in [0, 0.05) is 17.3 Å². The molecule has 2 heterocycles. The quantitative estimate of drug-likeness (QED) is 0.697. The van der Waals surface area contributed by atoms with Crippen molar-refractivity contribution in [2.75, 3.05) is 0 Å². The van der Waals surface area contributed by atoms with Crippen molar-refractivity contribution in [2.24, 2.45) is 0 Å². The van der Waals surface area contributed by atoms with Gasteiger partial charge in [0.1, 0.15) is 5.82 Å². The predicted molar refractivity (Wildman–Crippen MR) is 69.3 cm³/mol. The van der Waals surface area contributed by atoms with Gasteiger partial charge in [-0.1, -0.05) is 30.3 Å². The summed E-state index contributed by atoms with van der Waals surface area (Å²) in [5.74, 6) is 0.734. The molecule has 3 rings (SSSR count). The molecule has 88 valence electrons. The maximum absolute atomic E-state index is 11.5. The van der Waals surface area contributed by atoms with E-state index >= 15 is 0 Å². The van der Waals surface area contributed by atoms with Gasteiger partial charge in [-0.3, -0.25) is 4.79 Å². The molecule has 0 radical (unpaired) electrons. The molecule has 1 aromatic carbocycles. The van der Waals surface area contributed by atoms with E-state index in [1.807, 2.05) is 30.3 Å². The van der Waals surface area contributed by atoms with Crippen LogP contribution in [0.2, 0.25) is 0 Å². The Hall–Kier alpha value is -2.49. The summed E-state index contributed by atoms with van der Waals surface area (Å²) in [6, 6.07) is 11.5. The molecule has 0 saturated carbocycles. The molecule has 0 saturated heterocycles. The van der Waals surface area contributed by atoms with Crippen LogP contribution in [0.25, 0.3) is 22.6 Å². The Balaban J connectivity index is 2.23. The summed E-state index contributed by atoms with van der Waals surface area (Å²) >= 11 is 0. The highest BCUT2D eigenvalue weighted by molar-refractivity contribution is 6.04. The van der Waals surface area contributed by atoms with Crippen molar-refractivity contribution in [2.45, 2.75) is 6.92 Å². The van der Waals surface area contributed by atoms with E-state index in [1.165, 1.54) is 6.92 Å². The number of Topliss-reactive ketones (excluding diaryl/α,β-unsaturated/α-hetero) is 1. The van der Waals surface area contributed by atoms with Crippen molar-refractivity contribution < 1.29 is 4.79 Å². The lowest BCUT2D eigenvalue weighted by Gasteiger charge is -1.95. The van der Waals surface area contributed by atoms with Crippen LogP contribution in [0, 0.1) is 0 Å². The fraction of sp³-hybridized carbons (Fsp3) is 0.0714. The van der Waals surface area contributed by atoms with Gasteiger partial charge >= 0.3 is 0 Å². The second-order valence-corrected chi connectivity index (χ2v) is 4.06. The average molecular weight is 237 g/mol. The van der Waals surface area contributed by atoms with Gasteiger partial charge < -0.3 is 4.98 Å². The summed E-state index contributed by atoms with van der Waals surface area (Å²) in [7, 11) is 0. The van der Waals surface area contributed by atoms with Gasteiger partial charge in [0.05, 0.1) is 5.52 Å². The van der Waals surface area contributed by atoms with Crippen LogP contribution in [0.4, 0.5) is 0 Å². The third kappa shape index (κ3) is 1.68. The lowest BCUT2D eigenvalue weighted by atomic mass is 10.2. The third-order valence-corrected chi connectivity index (χ3v) is 2.82. The second-order valence-electron chi connectivity index (χ2n) is 4.06. The Morgan fingerprint density at radius 1 is 1.17 bits per heavy atom. The number of fused-ring (bicyclic) bond motifs is 1. The molecule has 0 spiro atoms. The number of H-pyrrole nitrogens is 1. The minimum absolute atomic E-state index is 0.00524. The van der Waals surface area contributed by atoms with Gasteiger partial charge in [0.15, 0.2) is 11.4 Å². The van der Waals surface area contributed by atoms with E-state index in [4.69, 9.17) is 0 Å². The summed E-state index contributed by atoms with van der Waals surface area (Å²) < 4.78 is 0. The van der Waals surface area contributed by atoms with Crippen molar-refractivity contribution in [1.29, 1.82) is 0 Å². The number of carbonyl (C=O) groups excluding carboxylic acids is 1. The maximum Gasteiger partial charge on any atom is 0.178 e. The Morgan fingerprint density at radius 3 is 2.67 bits per heavy atom. The minimum atomic E-state index is 0.00524. The standard InChI is InChI=1S/C14H11N3O/c1-9(18)11-7-8-15-14-12(11)16-13(17-14)10-5-3-2-4-6-10/h2-8H,1H3,(H,15,16,17). The zero-order chi connectivity index (χ0) is 12.5. The van der Waals surface area contributed by atoms with E-state index in [0.29, 0.717) is 16.7 Å². The number of hydrogen-bond acceptors (Lipinski definition) is 3. The largest absolute Gasteiger partial charge is 0.336 e. The molecule has 4 heteroatoms. The van der Waals surface area contributed by atoms with Crippen molar-refractivity contribution in [3.63, 3.8) is 0 Å². The molecule has 0 unspecified atom stereocenters. The maximum atomic E-state index is 11.5. The lowest BCUT2D eigenvalue weighted by Crippen LogP contribution is -1.94. The summed E-state index contributed by atoms with van der Waals surface area (Å²) in [6.07, 6.45) is 1.61. The van der Waals surface area contributed by atoms with Crippen LogP contribution in [0.1, 0.15) is 17.3 Å². The van der Waals surface area contributed by atoms with Crippen molar-refractivity contribution in [1.82, 2.24) is 15.0 Å². The predicted octanol–water partition coefficient (Wildman–Crippen LogP) is 2.83. The van der Waals surface area contributed by atoms with E-state index in [0.717, 1.165) is 11.4 Å². The van der Waals surface area contributed by atoms with Crippen molar-refractivity contribution in [3.8, 4) is 11.4 Å². The number of carbonyl (C=O) groups is 1. The molecule has 0 aliphatic carbocycles. The molecule has 3 aromatic rings. The van der Waals surface area contributed by atoms with Crippen LogP contribution < -0.4 is 0 Å². The van der Waals surface area contributed by atoms with Gasteiger partial charge in [-0.2, -0.15) is 0 Å². The summed E-state index contributed by atoms with van der Waals surface area (Å²) in [5.41, 5.74) is 2.87. The van der Waals surface area contributed by atoms with Gasteiger partial charge in [0.2, 0.25) is 0 Å². The molecule has 0 aliphatic rings. The van der Waals surface area contributed by atoms with Crippen LogP contribution >= 0.6 is 0 Å². The SMILES string of the molecule is CC(=O)c1ccnc2nc(-c3ccccc3)[nH]c12. The zero-order valence-electron chi connectivity index (χ0n) is 9.84. The molecule has 2 aromatic heterocycles. The van der Waals surface area contributed by atoms with E-state index in [-0.39, 0.29) is 5.78 Å². The van der Waals surface area contributed by atoms with Crippen molar-refractivity contribution >= 4 is 16.9 Å². The highest BCUT2D eigenvalue weighted by Crippen LogP contribution is 2.21. The Labute approximate surface area is 104 Å². The van der Waals surface area contributed by atoms with Crippen LogP contribution in [0.15, 0.2) is 42.6 Å². The number of imidazole rings is 1. The number of benzene rings is 1. The minimum Gasteiger partial charge on any atom is -0.336 e. The lowest BCUT2D eigenvalue weighted by molar-refractivity contribution is 0.101. The zero-order valence-corrected chi connectivity index (χ0v) is 9.84. The number of pyridine rings is 1. The summed E-state index contributed by atoms with van der Waals surface area (Å²) in [6.45, 7) is 1.54. The summed E-state index contributed by atoms with van der Waals surface area (Å²) in [4.78, 5) is 23.3. The normalized spacial score (nSPS) is 10.7. The third-order valence-electron chi connectivity index (χ3n) is 2.82. The van der Waals surface area contributed by atoms with Crippen LogP contribution in [-0.2, 0) is 0 Å². The highest BCUT2D eigenvalue weighted by atomic mass is 16.1. The van der Waals surface area contributed by atoms with Gasteiger partial charge in [0.25, 0.3) is 0 Å². The number of aromatic nitrogens is 3. The molecular formula is C14H11N3O. The molecule has 1 N–H and O–H groups in total. The number of ketones is 1. The van der Waals surface area contributed by atoms with E-state index in [2.05, 4.69) is 15.0 Å². The first-order chi connectivity index (χ1) is 8.75. The van der Waals surface area contributed by atoms with Crippen LogP contribution in [0.5, 0.6) is 0 Å². The molecule has 0 fully saturated rings. The molecule has 0 aliphatic heterocycles. The summed E-state index contributed by atoms with van der Waals surface area (Å²) in [5, 5.41) is 0. The van der Waals surface area contributed by atoms with E-state index in [9.17, 15) is 4.79 Å². The number of aromatic amines is 1. The number of rotatable bonds is 2. The smallest absolute Gasteiger partial charge is 0.178 e. The topological polar surface area (TPSA) is 58.6 Å². The second kappa shape index (κ2) is 4.07. The Morgan fingerprint density at radius 2 is 1.94 bits per heavy atom. The molecule has 0 amide bonds. The highest BCUT2D eigenvalue weighted by Gasteiger charge is 2.11. The molecule has 0 atom stereocenters. The molecule has 18 heavy (non-hydrogen) atoms.